The number of hydrogen-bond acceptors (Lipinski definition) is 4. The zero-order valence-electron chi connectivity index (χ0n) is 10.3. The topological polar surface area (TPSA) is 60.0 Å². The third-order valence-electron chi connectivity index (χ3n) is 3.35. The van der Waals surface area contributed by atoms with Gasteiger partial charge >= 0.3 is 0 Å². The van der Waals surface area contributed by atoms with E-state index in [1.54, 1.807) is 0 Å². The molecular formula is C13H17N5. The number of aromatic nitrogens is 3. The monoisotopic (exact) mass is 243 g/mol. The first-order chi connectivity index (χ1) is 8.85. The highest BCUT2D eigenvalue weighted by Gasteiger charge is 2.17. The van der Waals surface area contributed by atoms with Crippen LogP contribution in [0.15, 0.2) is 30.6 Å². The molecule has 2 aromatic rings. The lowest BCUT2D eigenvalue weighted by Gasteiger charge is -2.26. The molecule has 5 heteroatoms. The SMILES string of the molecule is NCc1cccc(CN2CCn3cnnc3C2)c1. The molecule has 0 saturated carbocycles. The maximum atomic E-state index is 5.67. The van der Waals surface area contributed by atoms with Crippen LogP contribution >= 0.6 is 0 Å². The zero-order valence-corrected chi connectivity index (χ0v) is 10.3. The van der Waals surface area contributed by atoms with Crippen LogP contribution in [0.3, 0.4) is 0 Å². The molecule has 0 aliphatic carbocycles. The van der Waals surface area contributed by atoms with Gasteiger partial charge in [-0.15, -0.1) is 10.2 Å². The van der Waals surface area contributed by atoms with Gasteiger partial charge in [0.25, 0.3) is 0 Å². The summed E-state index contributed by atoms with van der Waals surface area (Å²) in [6.07, 6.45) is 1.81. The maximum Gasteiger partial charge on any atom is 0.147 e. The van der Waals surface area contributed by atoms with Crippen LogP contribution < -0.4 is 5.73 Å². The largest absolute Gasteiger partial charge is 0.326 e. The standard InChI is InChI=1S/C13H17N5/c14-7-11-2-1-3-12(6-11)8-17-4-5-18-10-15-16-13(18)9-17/h1-3,6,10H,4-5,7-9,14H2. The molecule has 0 radical (unpaired) electrons. The van der Waals surface area contributed by atoms with Crippen molar-refractivity contribution in [2.24, 2.45) is 5.73 Å². The normalized spacial score (nSPS) is 15.6. The minimum atomic E-state index is 0.599. The zero-order chi connectivity index (χ0) is 12.4. The van der Waals surface area contributed by atoms with Crippen molar-refractivity contribution >= 4 is 0 Å². The Morgan fingerprint density at radius 3 is 3.00 bits per heavy atom. The van der Waals surface area contributed by atoms with E-state index in [-0.39, 0.29) is 0 Å². The second kappa shape index (κ2) is 4.88. The smallest absolute Gasteiger partial charge is 0.147 e. The minimum absolute atomic E-state index is 0.599. The molecular weight excluding hydrogens is 226 g/mol. The molecule has 1 aliphatic rings. The van der Waals surface area contributed by atoms with E-state index < -0.39 is 0 Å². The third kappa shape index (κ3) is 2.27. The summed E-state index contributed by atoms with van der Waals surface area (Å²) in [7, 11) is 0. The second-order valence-corrected chi connectivity index (χ2v) is 4.68. The molecule has 1 aliphatic heterocycles. The van der Waals surface area contributed by atoms with E-state index in [9.17, 15) is 0 Å². The first-order valence-electron chi connectivity index (χ1n) is 6.22. The predicted octanol–water partition coefficient (Wildman–Crippen LogP) is 0.753. The lowest BCUT2D eigenvalue weighted by molar-refractivity contribution is 0.209. The van der Waals surface area contributed by atoms with E-state index in [1.807, 2.05) is 6.33 Å². The van der Waals surface area contributed by atoms with E-state index in [4.69, 9.17) is 5.73 Å². The summed E-state index contributed by atoms with van der Waals surface area (Å²) in [5.74, 6) is 1.05. The molecule has 0 spiro atoms. The number of nitrogens with two attached hydrogens (primary N) is 1. The van der Waals surface area contributed by atoms with E-state index in [1.165, 1.54) is 11.1 Å². The number of benzene rings is 1. The van der Waals surface area contributed by atoms with Gasteiger partial charge in [0.1, 0.15) is 12.2 Å². The number of hydrogen-bond donors (Lipinski definition) is 1. The fourth-order valence-electron chi connectivity index (χ4n) is 2.36. The van der Waals surface area contributed by atoms with Gasteiger partial charge in [-0.1, -0.05) is 24.3 Å². The van der Waals surface area contributed by atoms with Gasteiger partial charge in [0.15, 0.2) is 0 Å². The van der Waals surface area contributed by atoms with Crippen molar-refractivity contribution in [3.8, 4) is 0 Å². The third-order valence-corrected chi connectivity index (χ3v) is 3.35. The Balaban J connectivity index is 1.70. The van der Waals surface area contributed by atoms with Crippen LogP contribution in [0.25, 0.3) is 0 Å². The molecule has 0 amide bonds. The van der Waals surface area contributed by atoms with E-state index in [0.717, 1.165) is 32.0 Å². The molecule has 1 aromatic heterocycles. The van der Waals surface area contributed by atoms with Gasteiger partial charge in [0.05, 0.1) is 6.54 Å². The van der Waals surface area contributed by atoms with Crippen LogP contribution in [0.1, 0.15) is 17.0 Å². The summed E-state index contributed by atoms with van der Waals surface area (Å²) in [4.78, 5) is 2.39. The maximum absolute atomic E-state index is 5.67. The summed E-state index contributed by atoms with van der Waals surface area (Å²) in [6.45, 7) is 4.42. The molecule has 5 nitrogen and oxygen atoms in total. The van der Waals surface area contributed by atoms with Crippen molar-refractivity contribution in [2.75, 3.05) is 6.54 Å². The first kappa shape index (κ1) is 11.4. The van der Waals surface area contributed by atoms with Gasteiger partial charge in [-0.05, 0) is 11.1 Å². The van der Waals surface area contributed by atoms with E-state index in [0.29, 0.717) is 6.54 Å². The predicted molar refractivity (Wildman–Crippen MR) is 68.5 cm³/mol. The van der Waals surface area contributed by atoms with Crippen LogP contribution in [0.5, 0.6) is 0 Å². The Morgan fingerprint density at radius 1 is 1.22 bits per heavy atom. The quantitative estimate of drug-likeness (QED) is 0.864. The first-order valence-corrected chi connectivity index (χ1v) is 6.22. The van der Waals surface area contributed by atoms with Crippen molar-refractivity contribution in [1.29, 1.82) is 0 Å². The number of fused-ring (bicyclic) bond motifs is 1. The van der Waals surface area contributed by atoms with Gasteiger partial charge in [0, 0.05) is 26.2 Å². The van der Waals surface area contributed by atoms with Crippen LogP contribution in [0, 0.1) is 0 Å². The Bertz CT molecular complexity index is 534. The lowest BCUT2D eigenvalue weighted by Crippen LogP contribution is -2.33. The van der Waals surface area contributed by atoms with Crippen LogP contribution in [0.4, 0.5) is 0 Å². The minimum Gasteiger partial charge on any atom is -0.326 e. The fourth-order valence-corrected chi connectivity index (χ4v) is 2.36. The summed E-state index contributed by atoms with van der Waals surface area (Å²) in [5.41, 5.74) is 8.16. The fraction of sp³-hybridized carbons (Fsp3) is 0.385. The van der Waals surface area contributed by atoms with E-state index in [2.05, 4.69) is 43.9 Å². The summed E-state index contributed by atoms with van der Waals surface area (Å²) < 4.78 is 2.12. The highest BCUT2D eigenvalue weighted by Crippen LogP contribution is 2.14. The second-order valence-electron chi connectivity index (χ2n) is 4.68. The summed E-state index contributed by atoms with van der Waals surface area (Å²) in [5, 5.41) is 8.08. The summed E-state index contributed by atoms with van der Waals surface area (Å²) in [6, 6.07) is 8.47. The number of nitrogens with zero attached hydrogens (tertiary/aromatic N) is 4. The van der Waals surface area contributed by atoms with Crippen molar-refractivity contribution in [2.45, 2.75) is 26.2 Å². The molecule has 0 saturated heterocycles. The van der Waals surface area contributed by atoms with Crippen molar-refractivity contribution in [3.63, 3.8) is 0 Å². The molecule has 3 rings (SSSR count). The van der Waals surface area contributed by atoms with Crippen molar-refractivity contribution in [3.05, 3.63) is 47.5 Å². The van der Waals surface area contributed by atoms with Gasteiger partial charge in [-0.2, -0.15) is 0 Å². The molecule has 0 atom stereocenters. The Labute approximate surface area is 106 Å². The van der Waals surface area contributed by atoms with E-state index >= 15 is 0 Å². The number of rotatable bonds is 3. The average molecular weight is 243 g/mol. The Kier molecular flexibility index (Phi) is 3.08. The van der Waals surface area contributed by atoms with Crippen LogP contribution in [0.2, 0.25) is 0 Å². The molecule has 1 aromatic carbocycles. The molecule has 18 heavy (non-hydrogen) atoms. The molecule has 2 heterocycles. The average Bonchev–Trinajstić information content (AvgIpc) is 2.86. The van der Waals surface area contributed by atoms with Gasteiger partial charge in [-0.3, -0.25) is 4.90 Å². The molecule has 2 N–H and O–H groups in total. The Morgan fingerprint density at radius 2 is 2.11 bits per heavy atom. The van der Waals surface area contributed by atoms with Crippen molar-refractivity contribution < 1.29 is 0 Å². The molecule has 0 unspecified atom stereocenters. The van der Waals surface area contributed by atoms with Gasteiger partial charge in [0.2, 0.25) is 0 Å². The Hall–Kier alpha value is -1.72. The summed E-state index contributed by atoms with van der Waals surface area (Å²) >= 11 is 0. The van der Waals surface area contributed by atoms with Gasteiger partial charge in [-0.25, -0.2) is 0 Å². The van der Waals surface area contributed by atoms with Gasteiger partial charge < -0.3 is 10.3 Å². The molecule has 0 bridgehead atoms. The van der Waals surface area contributed by atoms with Crippen molar-refractivity contribution in [1.82, 2.24) is 19.7 Å². The molecule has 94 valence electrons. The lowest BCUT2D eigenvalue weighted by atomic mass is 10.1. The highest BCUT2D eigenvalue weighted by atomic mass is 15.3. The van der Waals surface area contributed by atoms with Crippen LogP contribution in [-0.4, -0.2) is 26.2 Å². The molecule has 0 fully saturated rings. The van der Waals surface area contributed by atoms with Crippen LogP contribution in [-0.2, 0) is 26.2 Å². The highest BCUT2D eigenvalue weighted by molar-refractivity contribution is 5.23.